The zero-order valence-corrected chi connectivity index (χ0v) is 9.84. The van der Waals surface area contributed by atoms with E-state index >= 15 is 0 Å². The van der Waals surface area contributed by atoms with Crippen LogP contribution in [0.2, 0.25) is 0 Å². The number of carbonyl (C=O) groups is 1. The number of benzene rings is 1. The summed E-state index contributed by atoms with van der Waals surface area (Å²) in [6, 6.07) is 3.10. The Labute approximate surface area is 102 Å². The van der Waals surface area contributed by atoms with Crippen molar-refractivity contribution in [2.75, 3.05) is 13.7 Å². The van der Waals surface area contributed by atoms with E-state index in [1.165, 1.54) is 6.92 Å². The molecule has 98 valence electrons. The van der Waals surface area contributed by atoms with Crippen LogP contribution in [-0.2, 0) is 10.3 Å². The molecule has 0 saturated heterocycles. The van der Waals surface area contributed by atoms with Gasteiger partial charge in [0.1, 0.15) is 12.4 Å². The molecule has 1 atom stereocenters. The number of nitro groups is 1. The lowest BCUT2D eigenvalue weighted by Crippen LogP contribution is -2.36. The lowest BCUT2D eigenvalue weighted by atomic mass is 9.92. The van der Waals surface area contributed by atoms with Gasteiger partial charge in [0, 0.05) is 17.4 Å². The van der Waals surface area contributed by atoms with Gasteiger partial charge in [-0.25, -0.2) is 9.18 Å². The van der Waals surface area contributed by atoms with E-state index in [1.54, 1.807) is 0 Å². The van der Waals surface area contributed by atoms with E-state index in [-0.39, 0.29) is 5.56 Å². The number of hydrogen-bond donors (Lipinski definition) is 1. The first kappa shape index (κ1) is 14.0. The highest BCUT2D eigenvalue weighted by molar-refractivity contribution is 5.89. The third kappa shape index (κ3) is 2.30. The highest BCUT2D eigenvalue weighted by Gasteiger charge is 2.39. The maximum Gasteiger partial charge on any atom is 0.340 e. The molecule has 1 aromatic rings. The highest BCUT2D eigenvalue weighted by atomic mass is 19.1. The molecule has 1 rings (SSSR count). The Kier molecular flexibility index (Phi) is 3.97. The molecule has 0 radical (unpaired) electrons. The number of aliphatic hydroxyl groups is 1. The standard InChI is InChI=1S/C11H12FNO5/c1-11(6-14,13(16)17)7-3-4-9(12)8(5-7)10(15)18-2/h3-5,14H,6H2,1-2H3/t11-/m1/s1. The summed E-state index contributed by atoms with van der Waals surface area (Å²) in [5, 5.41) is 20.0. The number of halogens is 1. The molecule has 0 aliphatic rings. The first-order valence-corrected chi connectivity index (χ1v) is 5.00. The molecular formula is C11H12FNO5. The largest absolute Gasteiger partial charge is 0.465 e. The molecule has 0 aliphatic carbocycles. The molecule has 0 aliphatic heterocycles. The zero-order valence-electron chi connectivity index (χ0n) is 9.84. The molecule has 0 fully saturated rings. The van der Waals surface area contributed by atoms with Gasteiger partial charge in [-0.2, -0.15) is 0 Å². The molecule has 0 unspecified atom stereocenters. The number of aliphatic hydroxyl groups excluding tert-OH is 1. The van der Waals surface area contributed by atoms with Crippen molar-refractivity contribution in [3.05, 3.63) is 45.3 Å². The highest BCUT2D eigenvalue weighted by Crippen LogP contribution is 2.26. The molecular weight excluding hydrogens is 245 g/mol. The number of hydrogen-bond acceptors (Lipinski definition) is 5. The van der Waals surface area contributed by atoms with E-state index in [0.29, 0.717) is 0 Å². The average molecular weight is 257 g/mol. The molecule has 0 heterocycles. The number of ether oxygens (including phenoxy) is 1. The van der Waals surface area contributed by atoms with Gasteiger partial charge in [0.25, 0.3) is 5.54 Å². The van der Waals surface area contributed by atoms with Crippen molar-refractivity contribution >= 4 is 5.97 Å². The lowest BCUT2D eigenvalue weighted by Gasteiger charge is -2.19. The first-order valence-electron chi connectivity index (χ1n) is 5.00. The second-order valence-corrected chi connectivity index (χ2v) is 3.88. The molecule has 7 heteroatoms. The molecule has 0 spiro atoms. The van der Waals surface area contributed by atoms with Gasteiger partial charge in [0.2, 0.25) is 0 Å². The van der Waals surface area contributed by atoms with Crippen molar-refractivity contribution in [3.63, 3.8) is 0 Å². The van der Waals surface area contributed by atoms with Gasteiger partial charge in [-0.1, -0.05) is 0 Å². The summed E-state index contributed by atoms with van der Waals surface area (Å²) in [5.41, 5.74) is -2.18. The Morgan fingerprint density at radius 2 is 2.22 bits per heavy atom. The zero-order chi connectivity index (χ0) is 13.9. The van der Waals surface area contributed by atoms with E-state index in [2.05, 4.69) is 4.74 Å². The maximum absolute atomic E-state index is 13.4. The average Bonchev–Trinajstić information content (AvgIpc) is 2.37. The number of esters is 1. The van der Waals surface area contributed by atoms with Crippen LogP contribution in [-0.4, -0.2) is 29.7 Å². The minimum absolute atomic E-state index is 0.0248. The summed E-state index contributed by atoms with van der Waals surface area (Å²) in [6.45, 7) is 0.410. The quantitative estimate of drug-likeness (QED) is 0.495. The van der Waals surface area contributed by atoms with Crippen molar-refractivity contribution in [1.29, 1.82) is 0 Å². The van der Waals surface area contributed by atoms with Gasteiger partial charge >= 0.3 is 5.97 Å². The second-order valence-electron chi connectivity index (χ2n) is 3.88. The van der Waals surface area contributed by atoms with E-state index in [4.69, 9.17) is 5.11 Å². The summed E-state index contributed by atoms with van der Waals surface area (Å²) in [4.78, 5) is 21.5. The van der Waals surface area contributed by atoms with E-state index in [1.807, 2.05) is 0 Å². The van der Waals surface area contributed by atoms with Crippen LogP contribution < -0.4 is 0 Å². The van der Waals surface area contributed by atoms with Crippen LogP contribution >= 0.6 is 0 Å². The van der Waals surface area contributed by atoms with Gasteiger partial charge in [-0.05, 0) is 18.2 Å². The Balaban J connectivity index is 3.36. The van der Waals surface area contributed by atoms with Crippen LogP contribution in [0.1, 0.15) is 22.8 Å². The van der Waals surface area contributed by atoms with Crippen molar-refractivity contribution in [1.82, 2.24) is 0 Å². The minimum atomic E-state index is -1.80. The topological polar surface area (TPSA) is 89.7 Å². The van der Waals surface area contributed by atoms with E-state index < -0.39 is 34.4 Å². The molecule has 0 bridgehead atoms. The van der Waals surface area contributed by atoms with Gasteiger partial charge in [-0.15, -0.1) is 0 Å². The first-order chi connectivity index (χ1) is 8.36. The summed E-state index contributed by atoms with van der Waals surface area (Å²) < 4.78 is 17.7. The predicted octanol–water partition coefficient (Wildman–Crippen LogP) is 1.10. The molecule has 1 N–H and O–H groups in total. The van der Waals surface area contributed by atoms with Crippen LogP contribution in [0, 0.1) is 15.9 Å². The molecule has 0 amide bonds. The number of nitrogens with zero attached hydrogens (tertiary/aromatic N) is 1. The van der Waals surface area contributed by atoms with Crippen LogP contribution in [0.3, 0.4) is 0 Å². The monoisotopic (exact) mass is 257 g/mol. The number of carbonyl (C=O) groups excluding carboxylic acids is 1. The Hall–Kier alpha value is -2.02. The fraction of sp³-hybridized carbons (Fsp3) is 0.364. The van der Waals surface area contributed by atoms with Crippen molar-refractivity contribution in [2.24, 2.45) is 0 Å². The summed E-state index contributed by atoms with van der Waals surface area (Å²) in [5.74, 6) is -1.77. The van der Waals surface area contributed by atoms with Crippen molar-refractivity contribution in [2.45, 2.75) is 12.5 Å². The molecule has 0 aromatic heterocycles. The normalized spacial score (nSPS) is 13.8. The second kappa shape index (κ2) is 5.09. The van der Waals surface area contributed by atoms with Crippen molar-refractivity contribution < 1.29 is 24.0 Å². The maximum atomic E-state index is 13.4. The van der Waals surface area contributed by atoms with Gasteiger partial charge in [0.15, 0.2) is 0 Å². The van der Waals surface area contributed by atoms with E-state index in [9.17, 15) is 19.3 Å². The number of rotatable bonds is 4. The third-order valence-electron chi connectivity index (χ3n) is 2.70. The molecule has 1 aromatic carbocycles. The SMILES string of the molecule is COC(=O)c1cc([C@@](C)(CO)[N+](=O)[O-])ccc1F. The van der Waals surface area contributed by atoms with Crippen LogP contribution in [0.4, 0.5) is 4.39 Å². The summed E-state index contributed by atoms with van der Waals surface area (Å²) in [6.07, 6.45) is 0. The molecule has 6 nitrogen and oxygen atoms in total. The van der Waals surface area contributed by atoms with Crippen LogP contribution in [0.15, 0.2) is 18.2 Å². The summed E-state index contributed by atoms with van der Waals surface area (Å²) in [7, 11) is 1.08. The lowest BCUT2D eigenvalue weighted by molar-refractivity contribution is -0.578. The summed E-state index contributed by atoms with van der Waals surface area (Å²) >= 11 is 0. The fourth-order valence-electron chi connectivity index (χ4n) is 1.38. The fourth-order valence-corrected chi connectivity index (χ4v) is 1.38. The van der Waals surface area contributed by atoms with Crippen LogP contribution in [0.25, 0.3) is 0 Å². The van der Waals surface area contributed by atoms with Gasteiger partial charge in [0.05, 0.1) is 12.7 Å². The van der Waals surface area contributed by atoms with Gasteiger partial charge < -0.3 is 9.84 Å². The smallest absolute Gasteiger partial charge is 0.340 e. The molecule has 18 heavy (non-hydrogen) atoms. The van der Waals surface area contributed by atoms with E-state index in [0.717, 1.165) is 25.3 Å². The van der Waals surface area contributed by atoms with Gasteiger partial charge in [-0.3, -0.25) is 10.1 Å². The predicted molar refractivity (Wildman–Crippen MR) is 59.2 cm³/mol. The Morgan fingerprint density at radius 1 is 1.61 bits per heavy atom. The van der Waals surface area contributed by atoms with Crippen molar-refractivity contribution in [3.8, 4) is 0 Å². The third-order valence-corrected chi connectivity index (χ3v) is 2.70. The van der Waals surface area contributed by atoms with Crippen LogP contribution in [0.5, 0.6) is 0 Å². The molecule has 0 saturated carbocycles. The Morgan fingerprint density at radius 3 is 2.67 bits per heavy atom. The minimum Gasteiger partial charge on any atom is -0.465 e. The Bertz CT molecular complexity index is 490. The number of methoxy groups -OCH3 is 1.